The molecule has 0 spiro atoms. The molecular weight excluding hydrogens is 265 g/mol. The number of hydrogen-bond donors (Lipinski definition) is 1. The maximum Gasteiger partial charge on any atom is 0.133 e. The van der Waals surface area contributed by atoms with Crippen LogP contribution in [0.15, 0.2) is 24.3 Å². The van der Waals surface area contributed by atoms with Crippen molar-refractivity contribution < 1.29 is 4.39 Å². The zero-order valence-electron chi connectivity index (χ0n) is 12.7. The summed E-state index contributed by atoms with van der Waals surface area (Å²) in [6.45, 7) is 4.75. The summed E-state index contributed by atoms with van der Waals surface area (Å²) in [6.07, 6.45) is 2.91. The van der Waals surface area contributed by atoms with Crippen LogP contribution in [-0.2, 0) is 25.7 Å². The second kappa shape index (κ2) is 7.27. The quantitative estimate of drug-likeness (QED) is 0.889. The summed E-state index contributed by atoms with van der Waals surface area (Å²) in [6, 6.07) is 6.78. The molecule has 0 saturated heterocycles. The van der Waals surface area contributed by atoms with Crippen molar-refractivity contribution in [3.05, 3.63) is 58.4 Å². The molecule has 0 aliphatic heterocycles. The van der Waals surface area contributed by atoms with E-state index in [1.165, 1.54) is 11.6 Å². The molecule has 3 nitrogen and oxygen atoms in total. The fraction of sp³-hybridized carbons (Fsp3) is 0.412. The predicted octanol–water partition coefficient (Wildman–Crippen LogP) is 2.83. The Kier molecular flexibility index (Phi) is 5.39. The molecule has 0 radical (unpaired) electrons. The van der Waals surface area contributed by atoms with Crippen LogP contribution < -0.4 is 5.73 Å². The van der Waals surface area contributed by atoms with Crippen molar-refractivity contribution in [1.82, 2.24) is 9.97 Å². The van der Waals surface area contributed by atoms with E-state index in [9.17, 15) is 4.39 Å². The highest BCUT2D eigenvalue weighted by Gasteiger charge is 2.13. The van der Waals surface area contributed by atoms with Crippen molar-refractivity contribution in [2.45, 2.75) is 39.5 Å². The number of benzene rings is 1. The number of aryl methyl sites for hydroxylation is 2. The summed E-state index contributed by atoms with van der Waals surface area (Å²) < 4.78 is 13.8. The molecule has 1 aromatic heterocycles. The average molecular weight is 287 g/mol. The SMILES string of the molecule is CCc1nc(Cc2ccccc2F)nc(CC)c1CCN. The third kappa shape index (κ3) is 3.64. The summed E-state index contributed by atoms with van der Waals surface area (Å²) in [5.41, 5.74) is 9.56. The minimum atomic E-state index is -0.205. The van der Waals surface area contributed by atoms with Crippen molar-refractivity contribution in [3.63, 3.8) is 0 Å². The van der Waals surface area contributed by atoms with Gasteiger partial charge >= 0.3 is 0 Å². The van der Waals surface area contributed by atoms with Crippen LogP contribution in [0, 0.1) is 5.82 Å². The lowest BCUT2D eigenvalue weighted by Gasteiger charge is -2.13. The van der Waals surface area contributed by atoms with E-state index in [2.05, 4.69) is 23.8 Å². The van der Waals surface area contributed by atoms with E-state index >= 15 is 0 Å². The van der Waals surface area contributed by atoms with Gasteiger partial charge in [-0.3, -0.25) is 0 Å². The molecule has 2 rings (SSSR count). The zero-order valence-corrected chi connectivity index (χ0v) is 12.7. The van der Waals surface area contributed by atoms with Crippen LogP contribution >= 0.6 is 0 Å². The lowest BCUT2D eigenvalue weighted by atomic mass is 10.0. The standard InChI is InChI=1S/C17H22FN3/c1-3-15-13(9-10-19)16(4-2)21-17(20-15)11-12-7-5-6-8-14(12)18/h5-8H,3-4,9-11,19H2,1-2H3. The van der Waals surface area contributed by atoms with Crippen LogP contribution in [0.5, 0.6) is 0 Å². The largest absolute Gasteiger partial charge is 0.330 e. The Balaban J connectivity index is 2.39. The van der Waals surface area contributed by atoms with Gasteiger partial charge in [-0.15, -0.1) is 0 Å². The predicted molar refractivity (Wildman–Crippen MR) is 82.8 cm³/mol. The maximum atomic E-state index is 13.8. The number of rotatable bonds is 6. The second-order valence-electron chi connectivity index (χ2n) is 5.03. The van der Waals surface area contributed by atoms with E-state index in [-0.39, 0.29) is 5.82 Å². The normalized spacial score (nSPS) is 10.9. The topological polar surface area (TPSA) is 51.8 Å². The summed E-state index contributed by atoms with van der Waals surface area (Å²) in [5, 5.41) is 0. The Bertz CT molecular complexity index is 586. The van der Waals surface area contributed by atoms with Gasteiger partial charge in [0, 0.05) is 17.8 Å². The van der Waals surface area contributed by atoms with Gasteiger partial charge in [-0.2, -0.15) is 0 Å². The van der Waals surface area contributed by atoms with E-state index in [1.807, 2.05) is 6.07 Å². The summed E-state index contributed by atoms with van der Waals surface area (Å²) in [7, 11) is 0. The average Bonchev–Trinajstić information content (AvgIpc) is 2.50. The van der Waals surface area contributed by atoms with Crippen molar-refractivity contribution in [1.29, 1.82) is 0 Å². The molecule has 112 valence electrons. The maximum absolute atomic E-state index is 13.8. The van der Waals surface area contributed by atoms with E-state index < -0.39 is 0 Å². The van der Waals surface area contributed by atoms with Crippen molar-refractivity contribution in [2.75, 3.05) is 6.54 Å². The summed E-state index contributed by atoms with van der Waals surface area (Å²) >= 11 is 0. The second-order valence-corrected chi connectivity index (χ2v) is 5.03. The Morgan fingerprint density at radius 2 is 1.67 bits per heavy atom. The first-order chi connectivity index (χ1) is 10.2. The van der Waals surface area contributed by atoms with Crippen LogP contribution in [0.2, 0.25) is 0 Å². The summed E-state index contributed by atoms with van der Waals surface area (Å²) in [5.74, 6) is 0.484. The molecule has 0 fully saturated rings. The van der Waals surface area contributed by atoms with E-state index in [1.54, 1.807) is 12.1 Å². The molecule has 1 aromatic carbocycles. The molecule has 0 aliphatic carbocycles. The van der Waals surface area contributed by atoms with Gasteiger partial charge in [-0.1, -0.05) is 32.0 Å². The van der Waals surface area contributed by atoms with Crippen molar-refractivity contribution in [2.24, 2.45) is 5.73 Å². The molecular formula is C17H22FN3. The fourth-order valence-corrected chi connectivity index (χ4v) is 2.55. The highest BCUT2D eigenvalue weighted by Crippen LogP contribution is 2.17. The third-order valence-electron chi connectivity index (χ3n) is 3.60. The monoisotopic (exact) mass is 287 g/mol. The minimum Gasteiger partial charge on any atom is -0.330 e. The van der Waals surface area contributed by atoms with Crippen molar-refractivity contribution in [3.8, 4) is 0 Å². The van der Waals surface area contributed by atoms with Crippen LogP contribution in [-0.4, -0.2) is 16.5 Å². The molecule has 0 atom stereocenters. The molecule has 21 heavy (non-hydrogen) atoms. The molecule has 0 aliphatic rings. The molecule has 0 saturated carbocycles. The highest BCUT2D eigenvalue weighted by molar-refractivity contribution is 5.29. The molecule has 1 heterocycles. The molecule has 0 unspecified atom stereocenters. The Hall–Kier alpha value is -1.81. The first kappa shape index (κ1) is 15.6. The van der Waals surface area contributed by atoms with Gasteiger partial charge in [0.1, 0.15) is 11.6 Å². The first-order valence-electron chi connectivity index (χ1n) is 7.50. The molecule has 2 N–H and O–H groups in total. The van der Waals surface area contributed by atoms with Crippen LogP contribution in [0.25, 0.3) is 0 Å². The first-order valence-corrected chi connectivity index (χ1v) is 7.50. The van der Waals surface area contributed by atoms with Crippen LogP contribution in [0.3, 0.4) is 0 Å². The number of hydrogen-bond acceptors (Lipinski definition) is 3. The Morgan fingerprint density at radius 1 is 1.05 bits per heavy atom. The fourth-order valence-electron chi connectivity index (χ4n) is 2.55. The van der Waals surface area contributed by atoms with E-state index in [4.69, 9.17) is 5.73 Å². The van der Waals surface area contributed by atoms with E-state index in [0.29, 0.717) is 24.4 Å². The Morgan fingerprint density at radius 3 is 2.19 bits per heavy atom. The van der Waals surface area contributed by atoms with E-state index in [0.717, 1.165) is 30.7 Å². The van der Waals surface area contributed by atoms with Crippen LogP contribution in [0.1, 0.15) is 42.2 Å². The molecule has 4 heteroatoms. The van der Waals surface area contributed by atoms with Crippen molar-refractivity contribution >= 4 is 0 Å². The summed E-state index contributed by atoms with van der Waals surface area (Å²) in [4.78, 5) is 9.24. The molecule has 0 bridgehead atoms. The smallest absolute Gasteiger partial charge is 0.133 e. The van der Waals surface area contributed by atoms with Gasteiger partial charge in [0.05, 0.1) is 0 Å². The van der Waals surface area contributed by atoms with Crippen LogP contribution in [0.4, 0.5) is 4.39 Å². The molecule has 2 aromatic rings. The highest BCUT2D eigenvalue weighted by atomic mass is 19.1. The minimum absolute atomic E-state index is 0.205. The lowest BCUT2D eigenvalue weighted by molar-refractivity contribution is 0.611. The third-order valence-corrected chi connectivity index (χ3v) is 3.60. The van der Waals surface area contributed by atoms with Gasteiger partial charge in [0.25, 0.3) is 0 Å². The van der Waals surface area contributed by atoms with Gasteiger partial charge in [-0.05, 0) is 43.0 Å². The van der Waals surface area contributed by atoms with Gasteiger partial charge in [0.15, 0.2) is 0 Å². The number of nitrogens with zero attached hydrogens (tertiary/aromatic N) is 2. The van der Waals surface area contributed by atoms with Gasteiger partial charge in [0.2, 0.25) is 0 Å². The number of halogens is 1. The zero-order chi connectivity index (χ0) is 15.2. The van der Waals surface area contributed by atoms with Gasteiger partial charge < -0.3 is 5.73 Å². The molecule has 0 amide bonds. The lowest BCUT2D eigenvalue weighted by Crippen LogP contribution is -2.14. The number of aromatic nitrogens is 2. The van der Waals surface area contributed by atoms with Gasteiger partial charge in [-0.25, -0.2) is 14.4 Å². The Labute approximate surface area is 125 Å². The number of nitrogens with two attached hydrogens (primary N) is 1.